The van der Waals surface area contributed by atoms with Crippen molar-refractivity contribution in [2.75, 3.05) is 31.6 Å². The number of carbonyl (C=O) groups is 2. The van der Waals surface area contributed by atoms with E-state index in [-0.39, 0.29) is 18.4 Å². The van der Waals surface area contributed by atoms with Crippen LogP contribution in [0.2, 0.25) is 5.02 Å². The Balaban J connectivity index is 1.57. The topological polar surface area (TPSA) is 77.1 Å². The number of rotatable bonds is 7. The molecule has 1 N–H and O–H groups in total. The zero-order valence-corrected chi connectivity index (χ0v) is 17.1. The summed E-state index contributed by atoms with van der Waals surface area (Å²) in [6.45, 7) is 4.72. The van der Waals surface area contributed by atoms with Crippen LogP contribution in [0.25, 0.3) is 0 Å². The van der Waals surface area contributed by atoms with Crippen molar-refractivity contribution in [3.05, 3.63) is 47.5 Å². The Morgan fingerprint density at radius 3 is 2.52 bits per heavy atom. The van der Waals surface area contributed by atoms with Crippen LogP contribution < -0.4 is 19.5 Å². The summed E-state index contributed by atoms with van der Waals surface area (Å²) in [4.78, 5) is 26.6. The summed E-state index contributed by atoms with van der Waals surface area (Å²) in [7, 11) is 0. The molecule has 0 aliphatic carbocycles. The third kappa shape index (κ3) is 5.54. The van der Waals surface area contributed by atoms with Gasteiger partial charge in [0.1, 0.15) is 19.0 Å². The predicted octanol–water partition coefficient (Wildman–Crippen LogP) is 3.37. The highest BCUT2D eigenvalue weighted by Gasteiger charge is 2.23. The van der Waals surface area contributed by atoms with Gasteiger partial charge in [0.05, 0.1) is 6.54 Å². The number of halogens is 1. The molecule has 2 aromatic carbocycles. The molecule has 2 aromatic rings. The second-order valence-electron chi connectivity index (χ2n) is 6.47. The molecule has 0 saturated heterocycles. The summed E-state index contributed by atoms with van der Waals surface area (Å²) in [6, 6.07) is 11.9. The van der Waals surface area contributed by atoms with E-state index in [2.05, 4.69) is 5.32 Å². The molecule has 0 bridgehead atoms. The molecule has 1 atom stereocenters. The Morgan fingerprint density at radius 2 is 1.83 bits per heavy atom. The largest absolute Gasteiger partial charge is 0.486 e. The number of hydrogen-bond acceptors (Lipinski definition) is 5. The van der Waals surface area contributed by atoms with Crippen LogP contribution in [0.5, 0.6) is 17.2 Å². The minimum absolute atomic E-state index is 0.0852. The summed E-state index contributed by atoms with van der Waals surface area (Å²) in [5.74, 6) is 1.18. The van der Waals surface area contributed by atoms with Crippen LogP contribution in [0, 0.1) is 0 Å². The van der Waals surface area contributed by atoms with Crippen molar-refractivity contribution >= 4 is 29.1 Å². The fraction of sp³-hybridized carbons (Fsp3) is 0.333. The molecule has 8 heteroatoms. The Morgan fingerprint density at radius 1 is 1.14 bits per heavy atom. The fourth-order valence-corrected chi connectivity index (χ4v) is 2.99. The van der Waals surface area contributed by atoms with Crippen LogP contribution in [-0.4, -0.2) is 49.1 Å². The first-order valence-corrected chi connectivity index (χ1v) is 9.74. The van der Waals surface area contributed by atoms with Crippen LogP contribution >= 0.6 is 11.6 Å². The third-order valence-corrected chi connectivity index (χ3v) is 4.58. The second-order valence-corrected chi connectivity index (χ2v) is 6.91. The number of ether oxygens (including phenoxy) is 3. The maximum absolute atomic E-state index is 12.7. The summed E-state index contributed by atoms with van der Waals surface area (Å²) in [5, 5.41) is 3.37. The Bertz CT molecular complexity index is 872. The van der Waals surface area contributed by atoms with Crippen molar-refractivity contribution in [2.45, 2.75) is 20.0 Å². The molecule has 7 nitrogen and oxygen atoms in total. The van der Waals surface area contributed by atoms with E-state index in [1.165, 1.54) is 4.90 Å². The molecule has 2 amide bonds. The van der Waals surface area contributed by atoms with Gasteiger partial charge in [-0.05, 0) is 50.2 Å². The van der Waals surface area contributed by atoms with E-state index in [1.54, 1.807) is 49.4 Å². The van der Waals surface area contributed by atoms with Gasteiger partial charge in [-0.2, -0.15) is 0 Å². The summed E-state index contributed by atoms with van der Waals surface area (Å²) in [5.41, 5.74) is 0.577. The molecule has 1 aliphatic heterocycles. The Labute approximate surface area is 174 Å². The van der Waals surface area contributed by atoms with Crippen molar-refractivity contribution in [3.8, 4) is 17.2 Å². The molecule has 154 valence electrons. The van der Waals surface area contributed by atoms with E-state index in [1.807, 2.05) is 6.92 Å². The molecule has 1 heterocycles. The highest BCUT2D eigenvalue weighted by atomic mass is 35.5. The molecule has 0 fully saturated rings. The minimum atomic E-state index is -0.738. The van der Waals surface area contributed by atoms with E-state index >= 15 is 0 Å². The lowest BCUT2D eigenvalue weighted by Gasteiger charge is -2.24. The molecule has 0 aromatic heterocycles. The Kier molecular flexibility index (Phi) is 6.82. The van der Waals surface area contributed by atoms with Gasteiger partial charge in [0.25, 0.3) is 5.91 Å². The number of nitrogens with zero attached hydrogens (tertiary/aromatic N) is 1. The molecule has 0 unspecified atom stereocenters. The summed E-state index contributed by atoms with van der Waals surface area (Å²) < 4.78 is 16.6. The van der Waals surface area contributed by atoms with E-state index in [0.29, 0.717) is 47.7 Å². The average Bonchev–Trinajstić information content (AvgIpc) is 2.73. The number of carbonyl (C=O) groups excluding carboxylic acids is 2. The monoisotopic (exact) mass is 418 g/mol. The highest BCUT2D eigenvalue weighted by molar-refractivity contribution is 6.30. The van der Waals surface area contributed by atoms with Crippen LogP contribution in [0.4, 0.5) is 5.69 Å². The number of amides is 2. The number of fused-ring (bicyclic) bond motifs is 1. The van der Waals surface area contributed by atoms with Gasteiger partial charge in [0.15, 0.2) is 17.6 Å². The van der Waals surface area contributed by atoms with Gasteiger partial charge in [-0.3, -0.25) is 9.59 Å². The number of benzene rings is 2. The van der Waals surface area contributed by atoms with Crippen molar-refractivity contribution < 1.29 is 23.8 Å². The van der Waals surface area contributed by atoms with Gasteiger partial charge >= 0.3 is 0 Å². The molecule has 1 aliphatic rings. The van der Waals surface area contributed by atoms with Gasteiger partial charge < -0.3 is 24.4 Å². The van der Waals surface area contributed by atoms with E-state index in [0.717, 1.165) is 0 Å². The SMILES string of the molecule is CCN(CC(=O)Nc1ccc2c(c1)OCCO2)C(=O)[C@@H](C)Oc1ccc(Cl)cc1. The zero-order chi connectivity index (χ0) is 20.8. The maximum Gasteiger partial charge on any atom is 0.263 e. The van der Waals surface area contributed by atoms with Crippen molar-refractivity contribution in [3.63, 3.8) is 0 Å². The minimum Gasteiger partial charge on any atom is -0.486 e. The lowest BCUT2D eigenvalue weighted by Crippen LogP contribution is -2.44. The average molecular weight is 419 g/mol. The van der Waals surface area contributed by atoms with Crippen molar-refractivity contribution in [2.24, 2.45) is 0 Å². The van der Waals surface area contributed by atoms with Gasteiger partial charge in [-0.15, -0.1) is 0 Å². The first-order valence-electron chi connectivity index (χ1n) is 9.36. The Hall–Kier alpha value is -2.93. The molecule has 29 heavy (non-hydrogen) atoms. The standard InChI is InChI=1S/C21H23ClN2O5/c1-3-24(21(26)14(2)29-17-7-4-15(22)5-8-17)13-20(25)23-16-6-9-18-19(12-16)28-11-10-27-18/h4-9,12,14H,3,10-11,13H2,1-2H3,(H,23,25)/t14-/m1/s1. The van der Waals surface area contributed by atoms with Crippen LogP contribution in [0.15, 0.2) is 42.5 Å². The first-order chi connectivity index (χ1) is 14.0. The quantitative estimate of drug-likeness (QED) is 0.746. The zero-order valence-electron chi connectivity index (χ0n) is 16.3. The van der Waals surface area contributed by atoms with Crippen molar-refractivity contribution in [1.29, 1.82) is 0 Å². The van der Waals surface area contributed by atoms with Gasteiger partial charge in [0.2, 0.25) is 5.91 Å². The lowest BCUT2D eigenvalue weighted by atomic mass is 10.2. The first kappa shape index (κ1) is 20.8. The summed E-state index contributed by atoms with van der Waals surface area (Å²) in [6.07, 6.45) is -0.738. The molecule has 0 saturated carbocycles. The highest BCUT2D eigenvalue weighted by Crippen LogP contribution is 2.32. The molecule has 3 rings (SSSR count). The van der Waals surface area contributed by atoms with E-state index in [9.17, 15) is 9.59 Å². The molecular formula is C21H23ClN2O5. The number of likely N-dealkylation sites (N-methyl/N-ethyl adjacent to an activating group) is 1. The van der Waals surface area contributed by atoms with Crippen LogP contribution in [-0.2, 0) is 9.59 Å². The third-order valence-electron chi connectivity index (χ3n) is 4.33. The number of nitrogens with one attached hydrogen (secondary N) is 1. The van der Waals surface area contributed by atoms with Gasteiger partial charge in [-0.25, -0.2) is 0 Å². The van der Waals surface area contributed by atoms with Crippen LogP contribution in [0.1, 0.15) is 13.8 Å². The molecule has 0 radical (unpaired) electrons. The lowest BCUT2D eigenvalue weighted by molar-refractivity contribution is -0.140. The maximum atomic E-state index is 12.7. The number of hydrogen-bond donors (Lipinski definition) is 1. The van der Waals surface area contributed by atoms with Gasteiger partial charge in [0, 0.05) is 23.3 Å². The van der Waals surface area contributed by atoms with Crippen molar-refractivity contribution in [1.82, 2.24) is 4.90 Å². The van der Waals surface area contributed by atoms with E-state index in [4.69, 9.17) is 25.8 Å². The van der Waals surface area contributed by atoms with Crippen LogP contribution in [0.3, 0.4) is 0 Å². The molecular weight excluding hydrogens is 396 g/mol. The summed E-state index contributed by atoms with van der Waals surface area (Å²) >= 11 is 5.86. The normalized spacial score (nSPS) is 13.3. The van der Waals surface area contributed by atoms with Gasteiger partial charge in [-0.1, -0.05) is 11.6 Å². The van der Waals surface area contributed by atoms with E-state index < -0.39 is 6.10 Å². The second kappa shape index (κ2) is 9.52. The molecule has 0 spiro atoms. The predicted molar refractivity (Wildman–Crippen MR) is 110 cm³/mol. The number of anilines is 1. The fourth-order valence-electron chi connectivity index (χ4n) is 2.87. The smallest absolute Gasteiger partial charge is 0.263 e.